The molecule has 0 atom stereocenters. The summed E-state index contributed by atoms with van der Waals surface area (Å²) >= 11 is 5.94. The second kappa shape index (κ2) is 6.10. The van der Waals surface area contributed by atoms with Gasteiger partial charge in [-0.1, -0.05) is 38.4 Å². The first kappa shape index (κ1) is 14.8. The van der Waals surface area contributed by atoms with E-state index in [1.165, 1.54) is 0 Å². The minimum Gasteiger partial charge on any atom is -0.480 e. The third-order valence-corrected chi connectivity index (χ3v) is 2.87. The molecule has 0 aliphatic rings. The lowest BCUT2D eigenvalue weighted by Crippen LogP contribution is -2.32. The Morgan fingerprint density at radius 2 is 2.06 bits per heavy atom. The molecule has 0 aliphatic heterocycles. The smallest absolute Gasteiger partial charge is 0.323 e. The lowest BCUT2D eigenvalue weighted by molar-refractivity contribution is -0.135. The third-order valence-electron chi connectivity index (χ3n) is 2.63. The van der Waals surface area contributed by atoms with Crippen molar-refractivity contribution < 1.29 is 9.90 Å². The summed E-state index contributed by atoms with van der Waals surface area (Å²) in [5, 5.41) is 9.59. The van der Waals surface area contributed by atoms with Gasteiger partial charge in [-0.25, -0.2) is 0 Å². The number of nitrogens with zero attached hydrogens (tertiary/aromatic N) is 1. The van der Waals surface area contributed by atoms with E-state index in [1.54, 1.807) is 12.1 Å². The largest absolute Gasteiger partial charge is 0.480 e. The second-order valence-electron chi connectivity index (χ2n) is 5.61. The number of hydrogen-bond acceptors (Lipinski definition) is 2. The molecule has 0 unspecified atom stereocenters. The summed E-state index contributed by atoms with van der Waals surface area (Å²) in [4.78, 5) is 12.8. The molecular formula is C14H20ClNO2. The van der Waals surface area contributed by atoms with Crippen molar-refractivity contribution in [3.05, 3.63) is 29.3 Å². The monoisotopic (exact) mass is 269 g/mol. The molecule has 1 rings (SSSR count). The maximum atomic E-state index is 10.9. The van der Waals surface area contributed by atoms with Crippen LogP contribution < -0.4 is 4.90 Å². The number of aliphatic carboxylic acids is 1. The predicted octanol–water partition coefficient (Wildman–Crippen LogP) is 3.67. The maximum Gasteiger partial charge on any atom is 0.323 e. The highest BCUT2D eigenvalue weighted by Crippen LogP contribution is 2.23. The summed E-state index contributed by atoms with van der Waals surface area (Å²) in [5.41, 5.74) is 1.03. The first-order chi connectivity index (χ1) is 8.28. The quantitative estimate of drug-likeness (QED) is 0.887. The van der Waals surface area contributed by atoms with E-state index in [-0.39, 0.29) is 12.0 Å². The highest BCUT2D eigenvalue weighted by Gasteiger charge is 2.16. The molecule has 100 valence electrons. The number of rotatable bonds is 5. The van der Waals surface area contributed by atoms with E-state index < -0.39 is 5.97 Å². The normalized spacial score (nSPS) is 11.3. The molecule has 0 saturated heterocycles. The molecule has 0 aromatic heterocycles. The summed E-state index contributed by atoms with van der Waals surface area (Å²) in [6.07, 6.45) is 0.923. The molecule has 0 spiro atoms. The van der Waals surface area contributed by atoms with Crippen LogP contribution in [0.1, 0.15) is 27.2 Å². The predicted molar refractivity (Wildman–Crippen MR) is 75.4 cm³/mol. The Kier molecular flexibility index (Phi) is 5.03. The zero-order chi connectivity index (χ0) is 13.8. The first-order valence-electron chi connectivity index (χ1n) is 6.00. The van der Waals surface area contributed by atoms with Crippen LogP contribution in [0, 0.1) is 5.41 Å². The van der Waals surface area contributed by atoms with Gasteiger partial charge in [-0.3, -0.25) is 4.79 Å². The lowest BCUT2D eigenvalue weighted by atomic mass is 9.92. The average Bonchev–Trinajstić information content (AvgIpc) is 2.22. The van der Waals surface area contributed by atoms with Gasteiger partial charge >= 0.3 is 5.97 Å². The van der Waals surface area contributed by atoms with Crippen molar-refractivity contribution in [1.82, 2.24) is 0 Å². The molecular weight excluding hydrogens is 250 g/mol. The van der Waals surface area contributed by atoms with Crippen LogP contribution in [0.25, 0.3) is 0 Å². The van der Waals surface area contributed by atoms with Gasteiger partial charge in [0.05, 0.1) is 0 Å². The van der Waals surface area contributed by atoms with E-state index in [2.05, 4.69) is 20.8 Å². The number of carboxylic acid groups (broad SMARTS) is 1. The molecule has 0 amide bonds. The van der Waals surface area contributed by atoms with Crippen LogP contribution in [-0.2, 0) is 4.79 Å². The summed E-state index contributed by atoms with van der Waals surface area (Å²) in [5.74, 6) is -0.830. The standard InChI is InChI=1S/C14H20ClNO2/c1-14(2,3)7-8-16(10-13(17)18)12-6-4-5-11(15)9-12/h4-6,9H,7-8,10H2,1-3H3,(H,17,18). The molecule has 1 aromatic carbocycles. The van der Waals surface area contributed by atoms with Gasteiger partial charge in [0.1, 0.15) is 6.54 Å². The van der Waals surface area contributed by atoms with Gasteiger partial charge in [0.15, 0.2) is 0 Å². The Hall–Kier alpha value is -1.22. The molecule has 18 heavy (non-hydrogen) atoms. The summed E-state index contributed by atoms with van der Waals surface area (Å²) < 4.78 is 0. The fourth-order valence-corrected chi connectivity index (χ4v) is 1.79. The van der Waals surface area contributed by atoms with Crippen molar-refractivity contribution in [2.75, 3.05) is 18.0 Å². The molecule has 0 fully saturated rings. The topological polar surface area (TPSA) is 40.5 Å². The molecule has 0 aliphatic carbocycles. The van der Waals surface area contributed by atoms with Crippen molar-refractivity contribution in [3.63, 3.8) is 0 Å². The van der Waals surface area contributed by atoms with Gasteiger partial charge in [0, 0.05) is 17.3 Å². The lowest BCUT2D eigenvalue weighted by Gasteiger charge is -2.27. The molecule has 1 aromatic rings. The van der Waals surface area contributed by atoms with Crippen molar-refractivity contribution in [1.29, 1.82) is 0 Å². The van der Waals surface area contributed by atoms with Crippen LogP contribution in [0.15, 0.2) is 24.3 Å². The second-order valence-corrected chi connectivity index (χ2v) is 6.04. The van der Waals surface area contributed by atoms with E-state index in [0.717, 1.165) is 12.1 Å². The number of carboxylic acids is 1. The van der Waals surface area contributed by atoms with E-state index in [1.807, 2.05) is 17.0 Å². The number of carbonyl (C=O) groups is 1. The fourth-order valence-electron chi connectivity index (χ4n) is 1.61. The highest BCUT2D eigenvalue weighted by molar-refractivity contribution is 6.30. The Morgan fingerprint density at radius 1 is 1.39 bits per heavy atom. The Balaban J connectivity index is 2.81. The minimum absolute atomic E-state index is 0.00355. The van der Waals surface area contributed by atoms with Crippen molar-refractivity contribution >= 4 is 23.3 Å². The van der Waals surface area contributed by atoms with E-state index in [4.69, 9.17) is 16.7 Å². The minimum atomic E-state index is -0.830. The van der Waals surface area contributed by atoms with Crippen LogP contribution >= 0.6 is 11.6 Å². The Morgan fingerprint density at radius 3 is 2.56 bits per heavy atom. The summed E-state index contributed by atoms with van der Waals surface area (Å²) in [6, 6.07) is 7.31. The van der Waals surface area contributed by atoms with Crippen LogP contribution in [0.4, 0.5) is 5.69 Å². The van der Waals surface area contributed by atoms with Gasteiger partial charge in [0.2, 0.25) is 0 Å². The molecule has 1 N–H and O–H groups in total. The molecule has 4 heteroatoms. The SMILES string of the molecule is CC(C)(C)CCN(CC(=O)O)c1cccc(Cl)c1. The maximum absolute atomic E-state index is 10.9. The van der Waals surface area contributed by atoms with Crippen LogP contribution in [-0.4, -0.2) is 24.2 Å². The fraction of sp³-hybridized carbons (Fsp3) is 0.500. The van der Waals surface area contributed by atoms with E-state index >= 15 is 0 Å². The van der Waals surface area contributed by atoms with E-state index in [0.29, 0.717) is 11.6 Å². The highest BCUT2D eigenvalue weighted by atomic mass is 35.5. The van der Waals surface area contributed by atoms with Crippen LogP contribution in [0.2, 0.25) is 5.02 Å². The summed E-state index contributed by atoms with van der Waals surface area (Å²) in [6.45, 7) is 7.13. The van der Waals surface area contributed by atoms with Crippen molar-refractivity contribution in [2.24, 2.45) is 5.41 Å². The van der Waals surface area contributed by atoms with Gasteiger partial charge in [-0.15, -0.1) is 0 Å². The first-order valence-corrected chi connectivity index (χ1v) is 6.38. The van der Waals surface area contributed by atoms with Gasteiger partial charge in [0.25, 0.3) is 0 Å². The number of halogens is 1. The van der Waals surface area contributed by atoms with Crippen molar-refractivity contribution in [3.8, 4) is 0 Å². The van der Waals surface area contributed by atoms with Gasteiger partial charge < -0.3 is 10.0 Å². The van der Waals surface area contributed by atoms with Crippen LogP contribution in [0.5, 0.6) is 0 Å². The van der Waals surface area contributed by atoms with Gasteiger partial charge in [-0.05, 0) is 30.0 Å². The average molecular weight is 270 g/mol. The number of benzene rings is 1. The zero-order valence-electron chi connectivity index (χ0n) is 11.1. The molecule has 3 nitrogen and oxygen atoms in total. The molecule has 0 saturated carbocycles. The Bertz CT molecular complexity index is 413. The van der Waals surface area contributed by atoms with E-state index in [9.17, 15) is 4.79 Å². The van der Waals surface area contributed by atoms with Crippen LogP contribution in [0.3, 0.4) is 0 Å². The van der Waals surface area contributed by atoms with Gasteiger partial charge in [-0.2, -0.15) is 0 Å². The number of anilines is 1. The molecule has 0 radical (unpaired) electrons. The number of hydrogen-bond donors (Lipinski definition) is 1. The van der Waals surface area contributed by atoms with Crippen molar-refractivity contribution in [2.45, 2.75) is 27.2 Å². The third kappa shape index (κ3) is 5.41. The Labute approximate surface area is 113 Å². The zero-order valence-corrected chi connectivity index (χ0v) is 11.9. The summed E-state index contributed by atoms with van der Waals surface area (Å²) in [7, 11) is 0. The molecule has 0 heterocycles. The molecule has 0 bridgehead atoms.